The van der Waals surface area contributed by atoms with Crippen LogP contribution in [0.5, 0.6) is 0 Å². The molecule has 0 atom stereocenters. The van der Waals surface area contributed by atoms with Gasteiger partial charge in [0.25, 0.3) is 0 Å². The summed E-state index contributed by atoms with van der Waals surface area (Å²) < 4.78 is 0. The average molecular weight is 328 g/mol. The summed E-state index contributed by atoms with van der Waals surface area (Å²) in [5.41, 5.74) is 3.29. The molecule has 1 aliphatic heterocycles. The molecule has 2 aliphatic rings. The zero-order valence-electron chi connectivity index (χ0n) is 14.0. The van der Waals surface area contributed by atoms with Gasteiger partial charge in [-0.25, -0.2) is 0 Å². The lowest BCUT2D eigenvalue weighted by atomic mass is 10.0. The number of nitrogens with one attached hydrogen (secondary N) is 1. The van der Waals surface area contributed by atoms with Gasteiger partial charge in [-0.2, -0.15) is 0 Å². The summed E-state index contributed by atoms with van der Waals surface area (Å²) in [4.78, 5) is 37.7. The number of ketones is 1. The number of likely N-dealkylation sites (tertiary alicyclic amines) is 1. The molecule has 1 aliphatic carbocycles. The van der Waals surface area contributed by atoms with Crippen LogP contribution >= 0.6 is 0 Å². The van der Waals surface area contributed by atoms with Gasteiger partial charge in [-0.15, -0.1) is 0 Å². The Labute approximate surface area is 142 Å². The summed E-state index contributed by atoms with van der Waals surface area (Å²) in [6, 6.07) is 5.87. The molecule has 0 bridgehead atoms. The Morgan fingerprint density at radius 3 is 2.50 bits per heavy atom. The average Bonchev–Trinajstić information content (AvgIpc) is 3.27. The van der Waals surface area contributed by atoms with Gasteiger partial charge in [0.05, 0.1) is 6.54 Å². The molecule has 1 heterocycles. The van der Waals surface area contributed by atoms with E-state index in [0.29, 0.717) is 5.56 Å². The third-order valence-corrected chi connectivity index (χ3v) is 4.90. The van der Waals surface area contributed by atoms with Gasteiger partial charge in [0, 0.05) is 31.5 Å². The van der Waals surface area contributed by atoms with Gasteiger partial charge in [-0.3, -0.25) is 14.4 Å². The van der Waals surface area contributed by atoms with Crippen molar-refractivity contribution in [2.45, 2.75) is 44.9 Å². The second-order valence-corrected chi connectivity index (χ2v) is 6.62. The third kappa shape index (κ3) is 4.02. The van der Waals surface area contributed by atoms with Crippen molar-refractivity contribution in [2.75, 3.05) is 19.6 Å². The number of aryl methyl sites for hydroxylation is 2. The molecular weight excluding hydrogens is 304 g/mol. The van der Waals surface area contributed by atoms with E-state index in [9.17, 15) is 14.4 Å². The lowest BCUT2D eigenvalue weighted by molar-refractivity contribution is -0.132. The van der Waals surface area contributed by atoms with E-state index in [2.05, 4.69) is 5.32 Å². The molecule has 3 rings (SSSR count). The lowest BCUT2D eigenvalue weighted by Crippen LogP contribution is -2.38. The fourth-order valence-electron chi connectivity index (χ4n) is 3.46. The first-order valence-corrected chi connectivity index (χ1v) is 8.83. The normalized spacial score (nSPS) is 16.1. The molecule has 128 valence electrons. The molecule has 24 heavy (non-hydrogen) atoms. The highest BCUT2D eigenvalue weighted by atomic mass is 16.2. The number of nitrogens with zero attached hydrogens (tertiary/aromatic N) is 1. The summed E-state index contributed by atoms with van der Waals surface area (Å²) in [5.74, 6) is -0.284. The first-order chi connectivity index (χ1) is 11.6. The Morgan fingerprint density at radius 1 is 0.958 bits per heavy atom. The zero-order chi connectivity index (χ0) is 16.9. The number of rotatable bonds is 6. The first-order valence-electron chi connectivity index (χ1n) is 8.83. The Kier molecular flexibility index (Phi) is 5.28. The lowest BCUT2D eigenvalue weighted by Gasteiger charge is -2.15. The fourth-order valence-corrected chi connectivity index (χ4v) is 3.46. The number of Topliss-reactive ketones (excluding diaryl/α,β-unsaturated/α-hetero) is 1. The minimum Gasteiger partial charge on any atom is -0.347 e. The highest BCUT2D eigenvalue weighted by molar-refractivity contribution is 5.98. The second-order valence-electron chi connectivity index (χ2n) is 6.62. The van der Waals surface area contributed by atoms with E-state index in [4.69, 9.17) is 0 Å². The molecule has 0 unspecified atom stereocenters. The number of hydrogen-bond acceptors (Lipinski definition) is 3. The van der Waals surface area contributed by atoms with Gasteiger partial charge in [-0.1, -0.05) is 12.1 Å². The van der Waals surface area contributed by atoms with Crippen molar-refractivity contribution in [2.24, 2.45) is 0 Å². The van der Waals surface area contributed by atoms with Gasteiger partial charge < -0.3 is 10.2 Å². The molecular formula is C19H24N2O3. The summed E-state index contributed by atoms with van der Waals surface area (Å²) in [6.07, 6.45) is 5.67. The van der Waals surface area contributed by atoms with Crippen LogP contribution in [0.4, 0.5) is 0 Å². The van der Waals surface area contributed by atoms with Crippen LogP contribution < -0.4 is 5.32 Å². The van der Waals surface area contributed by atoms with Gasteiger partial charge in [0.2, 0.25) is 11.8 Å². The molecule has 1 aromatic carbocycles. The quantitative estimate of drug-likeness (QED) is 0.811. The van der Waals surface area contributed by atoms with E-state index in [1.165, 1.54) is 11.1 Å². The number of carbonyl (C=O) groups is 3. The van der Waals surface area contributed by atoms with Crippen LogP contribution in [0.15, 0.2) is 18.2 Å². The Morgan fingerprint density at radius 2 is 1.71 bits per heavy atom. The molecule has 1 fully saturated rings. The van der Waals surface area contributed by atoms with Gasteiger partial charge >= 0.3 is 0 Å². The van der Waals surface area contributed by atoms with E-state index in [1.54, 1.807) is 4.90 Å². The fraction of sp³-hybridized carbons (Fsp3) is 0.526. The van der Waals surface area contributed by atoms with Gasteiger partial charge in [0.1, 0.15) is 0 Å². The van der Waals surface area contributed by atoms with Crippen molar-refractivity contribution < 1.29 is 14.4 Å². The Balaban J connectivity index is 1.42. The summed E-state index contributed by atoms with van der Waals surface area (Å²) in [6.45, 7) is 1.60. The van der Waals surface area contributed by atoms with Crippen LogP contribution in [0.1, 0.15) is 53.6 Å². The van der Waals surface area contributed by atoms with Crippen molar-refractivity contribution in [3.63, 3.8) is 0 Å². The van der Waals surface area contributed by atoms with E-state index in [1.807, 2.05) is 18.2 Å². The van der Waals surface area contributed by atoms with Crippen molar-refractivity contribution in [1.29, 1.82) is 0 Å². The molecule has 1 aromatic rings. The van der Waals surface area contributed by atoms with Crippen LogP contribution in [0.2, 0.25) is 0 Å². The van der Waals surface area contributed by atoms with Gasteiger partial charge in [-0.05, 0) is 49.3 Å². The predicted octanol–water partition coefficient (Wildman–Crippen LogP) is 1.88. The van der Waals surface area contributed by atoms with Crippen molar-refractivity contribution in [3.05, 3.63) is 34.9 Å². The highest BCUT2D eigenvalue weighted by Gasteiger charge is 2.19. The van der Waals surface area contributed by atoms with Crippen molar-refractivity contribution in [1.82, 2.24) is 10.2 Å². The Hall–Kier alpha value is -2.17. The summed E-state index contributed by atoms with van der Waals surface area (Å²) >= 11 is 0. The maximum absolute atomic E-state index is 12.2. The molecule has 0 saturated carbocycles. The van der Waals surface area contributed by atoms with E-state index in [0.717, 1.165) is 45.2 Å². The SMILES string of the molecule is O=C(CCC(=O)c1ccc2c(c1)CCC2)NCC(=O)N1CCCC1. The van der Waals surface area contributed by atoms with Crippen LogP contribution in [-0.4, -0.2) is 42.1 Å². The minimum absolute atomic E-state index is 0.00859. The van der Waals surface area contributed by atoms with E-state index >= 15 is 0 Å². The molecule has 0 spiro atoms. The smallest absolute Gasteiger partial charge is 0.241 e. The highest BCUT2D eigenvalue weighted by Crippen LogP contribution is 2.23. The van der Waals surface area contributed by atoms with Crippen LogP contribution in [0.3, 0.4) is 0 Å². The van der Waals surface area contributed by atoms with Crippen molar-refractivity contribution in [3.8, 4) is 0 Å². The standard InChI is InChI=1S/C19H24N2O3/c22-17(16-7-6-14-4-3-5-15(14)12-16)8-9-18(23)20-13-19(24)21-10-1-2-11-21/h6-7,12H,1-5,8-11,13H2,(H,20,23). The molecule has 0 aromatic heterocycles. The van der Waals surface area contributed by atoms with Crippen molar-refractivity contribution >= 4 is 17.6 Å². The van der Waals surface area contributed by atoms with E-state index < -0.39 is 0 Å². The summed E-state index contributed by atoms with van der Waals surface area (Å²) in [5, 5.41) is 2.63. The molecule has 2 amide bonds. The molecule has 5 nitrogen and oxygen atoms in total. The van der Waals surface area contributed by atoms with Crippen LogP contribution in [0, 0.1) is 0 Å². The molecule has 1 N–H and O–H groups in total. The number of hydrogen-bond donors (Lipinski definition) is 1. The van der Waals surface area contributed by atoms with E-state index in [-0.39, 0.29) is 37.0 Å². The first kappa shape index (κ1) is 16.7. The maximum Gasteiger partial charge on any atom is 0.241 e. The van der Waals surface area contributed by atoms with Crippen LogP contribution in [0.25, 0.3) is 0 Å². The van der Waals surface area contributed by atoms with Crippen LogP contribution in [-0.2, 0) is 22.4 Å². The maximum atomic E-state index is 12.2. The number of amides is 2. The third-order valence-electron chi connectivity index (χ3n) is 4.90. The predicted molar refractivity (Wildman–Crippen MR) is 90.9 cm³/mol. The minimum atomic E-state index is -0.239. The van der Waals surface area contributed by atoms with Gasteiger partial charge in [0.15, 0.2) is 5.78 Å². The number of benzene rings is 1. The number of fused-ring (bicyclic) bond motifs is 1. The monoisotopic (exact) mass is 328 g/mol. The topological polar surface area (TPSA) is 66.5 Å². The zero-order valence-corrected chi connectivity index (χ0v) is 14.0. The molecule has 0 radical (unpaired) electrons. The molecule has 5 heteroatoms. The Bertz CT molecular complexity index is 648. The summed E-state index contributed by atoms with van der Waals surface area (Å²) in [7, 11) is 0. The number of carbonyl (C=O) groups excluding carboxylic acids is 3. The molecule has 1 saturated heterocycles. The largest absolute Gasteiger partial charge is 0.347 e. The second kappa shape index (κ2) is 7.60.